The molecule has 2 N–H and O–H groups in total. The monoisotopic (exact) mass is 435 g/mol. The molecule has 4 nitrogen and oxygen atoms in total. The van der Waals surface area contributed by atoms with Crippen LogP contribution in [0.5, 0.6) is 5.75 Å². The normalized spacial score (nSPS) is 26.1. The van der Waals surface area contributed by atoms with Crippen LogP contribution in [0.2, 0.25) is 0 Å². The maximum Gasteiger partial charge on any atom is 0.168 e. The molecule has 158 valence electrons. The summed E-state index contributed by atoms with van der Waals surface area (Å²) in [5.41, 5.74) is 3.16. The molecule has 0 spiro atoms. The molecule has 0 aliphatic heterocycles. The molecule has 1 saturated carbocycles. The van der Waals surface area contributed by atoms with Gasteiger partial charge in [0.2, 0.25) is 0 Å². The van der Waals surface area contributed by atoms with Gasteiger partial charge in [0.1, 0.15) is 18.0 Å². The third kappa shape index (κ3) is 4.69. The highest BCUT2D eigenvalue weighted by atomic mass is 35.5. The third-order valence-corrected chi connectivity index (χ3v) is 7.20. The first kappa shape index (κ1) is 22.3. The van der Waals surface area contributed by atoms with Crippen molar-refractivity contribution in [2.45, 2.75) is 64.7 Å². The molecule has 2 aliphatic carbocycles. The van der Waals surface area contributed by atoms with E-state index >= 15 is 0 Å². The van der Waals surface area contributed by atoms with Crippen molar-refractivity contribution < 1.29 is 14.6 Å². The fraction of sp³-hybridized carbons (Fsp3) is 0.522. The maximum atomic E-state index is 12.8. The van der Waals surface area contributed by atoms with Gasteiger partial charge in [0.05, 0.1) is 0 Å². The van der Waals surface area contributed by atoms with Gasteiger partial charge in [-0.3, -0.25) is 4.79 Å². The van der Waals surface area contributed by atoms with Gasteiger partial charge in [-0.1, -0.05) is 12.1 Å². The Bertz CT molecular complexity index is 881. The van der Waals surface area contributed by atoms with Crippen LogP contribution >= 0.6 is 23.7 Å². The Morgan fingerprint density at radius 1 is 1.17 bits per heavy atom. The third-order valence-electron chi connectivity index (χ3n) is 6.09. The lowest BCUT2D eigenvalue weighted by molar-refractivity contribution is 0.0438. The summed E-state index contributed by atoms with van der Waals surface area (Å²) in [5, 5.41) is 14.2. The molecule has 1 aromatic carbocycles. The number of aryl methyl sites for hydroxylation is 4. The lowest BCUT2D eigenvalue weighted by Crippen LogP contribution is -2.44. The summed E-state index contributed by atoms with van der Waals surface area (Å²) in [6.45, 7) is 6.77. The predicted octanol–water partition coefficient (Wildman–Crippen LogP) is 4.40. The zero-order chi connectivity index (χ0) is 19.8. The van der Waals surface area contributed by atoms with Gasteiger partial charge in [-0.15, -0.1) is 23.7 Å². The van der Waals surface area contributed by atoms with E-state index < -0.39 is 6.10 Å². The fourth-order valence-electron chi connectivity index (χ4n) is 4.39. The number of ether oxygens (including phenoxy) is 1. The van der Waals surface area contributed by atoms with E-state index in [0.29, 0.717) is 6.54 Å². The number of hydrogen-bond donors (Lipinski definition) is 2. The molecular formula is C23H30ClNO3S. The predicted molar refractivity (Wildman–Crippen MR) is 120 cm³/mol. The summed E-state index contributed by atoms with van der Waals surface area (Å²) in [5.74, 6) is 1.12. The minimum atomic E-state index is -0.558. The SMILES string of the molecule is Cc1ccc(C)c(OC2CCC(NCC3CCc4sc(C)cc4C3=O)C2O)c1.Cl. The Hall–Kier alpha value is -1.40. The molecular weight excluding hydrogens is 406 g/mol. The zero-order valence-corrected chi connectivity index (χ0v) is 18.9. The Morgan fingerprint density at radius 3 is 2.76 bits per heavy atom. The van der Waals surface area contributed by atoms with Crippen LogP contribution in [-0.4, -0.2) is 35.7 Å². The second kappa shape index (κ2) is 9.17. The molecule has 0 bridgehead atoms. The summed E-state index contributed by atoms with van der Waals surface area (Å²) in [6.07, 6.45) is 2.80. The molecule has 0 saturated heterocycles. The molecule has 4 rings (SSSR count). The Morgan fingerprint density at radius 2 is 1.97 bits per heavy atom. The molecule has 4 unspecified atom stereocenters. The highest BCUT2D eigenvalue weighted by Crippen LogP contribution is 2.32. The molecule has 1 aromatic heterocycles. The quantitative estimate of drug-likeness (QED) is 0.730. The topological polar surface area (TPSA) is 58.6 Å². The van der Waals surface area contributed by atoms with Crippen molar-refractivity contribution in [3.05, 3.63) is 50.7 Å². The zero-order valence-electron chi connectivity index (χ0n) is 17.2. The average Bonchev–Trinajstić information content (AvgIpc) is 3.21. The molecule has 1 heterocycles. The first-order chi connectivity index (χ1) is 13.4. The number of rotatable bonds is 5. The van der Waals surface area contributed by atoms with E-state index in [1.807, 2.05) is 26.0 Å². The van der Waals surface area contributed by atoms with E-state index in [9.17, 15) is 9.90 Å². The number of thiophene rings is 1. The Kier molecular flexibility index (Phi) is 7.05. The van der Waals surface area contributed by atoms with E-state index in [4.69, 9.17) is 4.74 Å². The smallest absolute Gasteiger partial charge is 0.168 e. The highest BCUT2D eigenvalue weighted by molar-refractivity contribution is 7.12. The van der Waals surface area contributed by atoms with Crippen LogP contribution in [0.1, 0.15) is 50.5 Å². The standard InChI is InChI=1S/C23H29NO3S.ClH/c1-13-4-5-14(2)20(10-13)27-19-8-7-18(23(19)26)24-12-16-6-9-21-17(22(16)25)11-15(3)28-21;/h4-5,10-11,16,18-19,23-24,26H,6-9,12H2,1-3H3;1H. The molecule has 4 atom stereocenters. The van der Waals surface area contributed by atoms with Gasteiger partial charge in [-0.2, -0.15) is 0 Å². The number of hydrogen-bond acceptors (Lipinski definition) is 5. The molecule has 0 amide bonds. The van der Waals surface area contributed by atoms with Crippen LogP contribution in [0.3, 0.4) is 0 Å². The van der Waals surface area contributed by atoms with Crippen molar-refractivity contribution in [1.82, 2.24) is 5.32 Å². The van der Waals surface area contributed by atoms with Crippen molar-refractivity contribution in [2.24, 2.45) is 5.92 Å². The van der Waals surface area contributed by atoms with Crippen LogP contribution < -0.4 is 10.1 Å². The molecule has 6 heteroatoms. The van der Waals surface area contributed by atoms with Crippen molar-refractivity contribution in [3.63, 3.8) is 0 Å². The molecule has 2 aromatic rings. The average molecular weight is 436 g/mol. The number of ketones is 1. The van der Waals surface area contributed by atoms with E-state index in [1.165, 1.54) is 9.75 Å². The van der Waals surface area contributed by atoms with Crippen molar-refractivity contribution in [3.8, 4) is 5.75 Å². The van der Waals surface area contributed by atoms with E-state index in [1.54, 1.807) is 11.3 Å². The van der Waals surface area contributed by atoms with Gasteiger partial charge < -0.3 is 15.2 Å². The Labute approximate surface area is 183 Å². The van der Waals surface area contributed by atoms with Gasteiger partial charge in [-0.25, -0.2) is 0 Å². The van der Waals surface area contributed by atoms with Crippen LogP contribution in [-0.2, 0) is 6.42 Å². The van der Waals surface area contributed by atoms with Crippen LogP contribution in [0.4, 0.5) is 0 Å². The van der Waals surface area contributed by atoms with Gasteiger partial charge in [0.25, 0.3) is 0 Å². The summed E-state index contributed by atoms with van der Waals surface area (Å²) < 4.78 is 6.14. The van der Waals surface area contributed by atoms with Crippen LogP contribution in [0, 0.1) is 26.7 Å². The van der Waals surface area contributed by atoms with Crippen LogP contribution in [0.25, 0.3) is 0 Å². The first-order valence-corrected chi connectivity index (χ1v) is 11.0. The second-order valence-corrected chi connectivity index (χ2v) is 9.64. The number of carbonyl (C=O) groups is 1. The van der Waals surface area contributed by atoms with Gasteiger partial charge in [-0.05, 0) is 69.7 Å². The number of aliphatic hydroxyl groups is 1. The number of nitrogens with one attached hydrogen (secondary N) is 1. The van der Waals surface area contributed by atoms with Gasteiger partial charge >= 0.3 is 0 Å². The fourth-order valence-corrected chi connectivity index (χ4v) is 5.45. The Balaban J connectivity index is 0.00000240. The molecule has 2 aliphatic rings. The minimum Gasteiger partial charge on any atom is -0.487 e. The van der Waals surface area contributed by atoms with Crippen molar-refractivity contribution in [2.75, 3.05) is 6.54 Å². The van der Waals surface area contributed by atoms with E-state index in [2.05, 4.69) is 24.4 Å². The van der Waals surface area contributed by atoms with Gasteiger partial charge in [0.15, 0.2) is 5.78 Å². The number of halogens is 1. The number of carbonyl (C=O) groups excluding carboxylic acids is 1. The summed E-state index contributed by atoms with van der Waals surface area (Å²) in [7, 11) is 0. The molecule has 1 fully saturated rings. The number of aliphatic hydroxyl groups excluding tert-OH is 1. The van der Waals surface area contributed by atoms with E-state index in [-0.39, 0.29) is 36.3 Å². The lowest BCUT2D eigenvalue weighted by Gasteiger charge is -2.26. The summed E-state index contributed by atoms with van der Waals surface area (Å²) >= 11 is 1.75. The first-order valence-electron chi connectivity index (χ1n) is 10.2. The molecule has 29 heavy (non-hydrogen) atoms. The number of fused-ring (bicyclic) bond motifs is 1. The number of Topliss-reactive ketones (excluding diaryl/α,β-unsaturated/α-hetero) is 1. The van der Waals surface area contributed by atoms with Crippen molar-refractivity contribution >= 4 is 29.5 Å². The maximum absolute atomic E-state index is 12.8. The largest absolute Gasteiger partial charge is 0.487 e. The summed E-state index contributed by atoms with van der Waals surface area (Å²) in [4.78, 5) is 15.2. The number of benzene rings is 1. The molecule has 0 radical (unpaired) electrons. The minimum absolute atomic E-state index is 0. The summed E-state index contributed by atoms with van der Waals surface area (Å²) in [6, 6.07) is 8.17. The van der Waals surface area contributed by atoms with Crippen LogP contribution in [0.15, 0.2) is 24.3 Å². The highest BCUT2D eigenvalue weighted by Gasteiger charge is 2.37. The van der Waals surface area contributed by atoms with Crippen molar-refractivity contribution in [1.29, 1.82) is 0 Å². The second-order valence-electron chi connectivity index (χ2n) is 8.30. The van der Waals surface area contributed by atoms with Gasteiger partial charge in [0, 0.05) is 33.8 Å². The van der Waals surface area contributed by atoms with E-state index in [0.717, 1.165) is 48.1 Å². The lowest BCUT2D eigenvalue weighted by atomic mass is 9.87.